The van der Waals surface area contributed by atoms with E-state index in [9.17, 15) is 18.0 Å². The summed E-state index contributed by atoms with van der Waals surface area (Å²) in [6, 6.07) is 1.59. The number of furan rings is 1. The van der Waals surface area contributed by atoms with Gasteiger partial charge in [-0.25, -0.2) is 4.68 Å². The minimum atomic E-state index is -4.82. The number of ketones is 1. The SMILES string of the molecule is Cc1nn(C)cc1[C@H]1C(C(=O)c2ccco2)=C(C(F)(F)F)Nc2ncnn21. The summed E-state index contributed by atoms with van der Waals surface area (Å²) in [7, 11) is 1.64. The predicted octanol–water partition coefficient (Wildman–Crippen LogP) is 2.63. The number of aromatic nitrogens is 5. The Morgan fingerprint density at radius 3 is 2.74 bits per heavy atom. The Balaban J connectivity index is 2.01. The predicted molar refractivity (Wildman–Crippen MR) is 85.8 cm³/mol. The number of aryl methyl sites for hydroxylation is 2. The summed E-state index contributed by atoms with van der Waals surface area (Å²) >= 11 is 0. The maximum atomic E-state index is 13.8. The van der Waals surface area contributed by atoms with Crippen LogP contribution in [0.25, 0.3) is 0 Å². The van der Waals surface area contributed by atoms with Crippen molar-refractivity contribution in [2.75, 3.05) is 5.32 Å². The highest BCUT2D eigenvalue weighted by atomic mass is 19.4. The van der Waals surface area contributed by atoms with Crippen LogP contribution in [-0.4, -0.2) is 36.5 Å². The topological polar surface area (TPSA) is 90.8 Å². The molecule has 27 heavy (non-hydrogen) atoms. The van der Waals surface area contributed by atoms with Gasteiger partial charge in [0.15, 0.2) is 5.76 Å². The number of nitrogens with one attached hydrogen (secondary N) is 1. The first-order chi connectivity index (χ1) is 12.8. The summed E-state index contributed by atoms with van der Waals surface area (Å²) in [5.41, 5.74) is -0.858. The van der Waals surface area contributed by atoms with Crippen molar-refractivity contribution in [1.29, 1.82) is 0 Å². The van der Waals surface area contributed by atoms with Gasteiger partial charge in [-0.15, -0.1) is 0 Å². The highest BCUT2D eigenvalue weighted by molar-refractivity contribution is 6.09. The van der Waals surface area contributed by atoms with Crippen molar-refractivity contribution in [2.45, 2.75) is 19.1 Å². The number of alkyl halides is 3. The van der Waals surface area contributed by atoms with Crippen LogP contribution in [0.1, 0.15) is 27.9 Å². The largest absolute Gasteiger partial charge is 0.461 e. The zero-order valence-electron chi connectivity index (χ0n) is 14.2. The van der Waals surface area contributed by atoms with E-state index in [1.165, 1.54) is 27.8 Å². The number of anilines is 1. The molecule has 0 radical (unpaired) electrons. The van der Waals surface area contributed by atoms with Crippen molar-refractivity contribution in [3.63, 3.8) is 0 Å². The van der Waals surface area contributed by atoms with Gasteiger partial charge in [0.2, 0.25) is 11.7 Å². The third kappa shape index (κ3) is 2.71. The van der Waals surface area contributed by atoms with E-state index in [0.717, 1.165) is 6.33 Å². The molecule has 0 spiro atoms. The number of hydrogen-bond donors (Lipinski definition) is 1. The van der Waals surface area contributed by atoms with Crippen LogP contribution < -0.4 is 5.32 Å². The van der Waals surface area contributed by atoms with Gasteiger partial charge in [0.1, 0.15) is 18.1 Å². The Bertz CT molecular complexity index is 1040. The van der Waals surface area contributed by atoms with Crippen molar-refractivity contribution in [1.82, 2.24) is 24.5 Å². The summed E-state index contributed by atoms with van der Waals surface area (Å²) in [5, 5.41) is 10.4. The first-order valence-electron chi connectivity index (χ1n) is 7.83. The molecule has 0 amide bonds. The van der Waals surface area contributed by atoms with E-state index in [4.69, 9.17) is 4.42 Å². The number of carbonyl (C=O) groups is 1. The van der Waals surface area contributed by atoms with Crippen LogP contribution in [0.3, 0.4) is 0 Å². The van der Waals surface area contributed by atoms with E-state index >= 15 is 0 Å². The molecule has 1 aliphatic rings. The molecule has 0 unspecified atom stereocenters. The lowest BCUT2D eigenvalue weighted by Gasteiger charge is -2.29. The van der Waals surface area contributed by atoms with E-state index in [1.54, 1.807) is 20.2 Å². The molecule has 11 heteroatoms. The number of allylic oxidation sites excluding steroid dienone is 2. The summed E-state index contributed by atoms with van der Waals surface area (Å²) in [6.45, 7) is 1.65. The molecule has 4 heterocycles. The lowest BCUT2D eigenvalue weighted by atomic mass is 9.91. The highest BCUT2D eigenvalue weighted by Crippen LogP contribution is 2.42. The van der Waals surface area contributed by atoms with Crippen LogP contribution in [-0.2, 0) is 7.05 Å². The molecule has 4 rings (SSSR count). The van der Waals surface area contributed by atoms with Gasteiger partial charge in [0, 0.05) is 18.8 Å². The quantitative estimate of drug-likeness (QED) is 0.705. The van der Waals surface area contributed by atoms with Gasteiger partial charge < -0.3 is 9.73 Å². The molecule has 1 atom stereocenters. The van der Waals surface area contributed by atoms with Gasteiger partial charge in [-0.1, -0.05) is 0 Å². The van der Waals surface area contributed by atoms with Crippen LogP contribution in [0.2, 0.25) is 0 Å². The number of fused-ring (bicyclic) bond motifs is 1. The van der Waals surface area contributed by atoms with Gasteiger partial charge in [0.25, 0.3) is 0 Å². The molecule has 1 aliphatic heterocycles. The number of halogens is 3. The fourth-order valence-electron chi connectivity index (χ4n) is 3.14. The monoisotopic (exact) mass is 378 g/mol. The van der Waals surface area contributed by atoms with Gasteiger partial charge in [-0.05, 0) is 19.1 Å². The fourth-order valence-corrected chi connectivity index (χ4v) is 3.14. The van der Waals surface area contributed by atoms with Crippen molar-refractivity contribution >= 4 is 11.7 Å². The average Bonchev–Trinajstić information content (AvgIpc) is 3.32. The molecule has 0 fully saturated rings. The normalized spacial score (nSPS) is 17.0. The minimum Gasteiger partial charge on any atom is -0.461 e. The maximum Gasteiger partial charge on any atom is 0.431 e. The lowest BCUT2D eigenvalue weighted by Crippen LogP contribution is -2.35. The molecule has 3 aromatic heterocycles. The third-order valence-electron chi connectivity index (χ3n) is 4.22. The Labute approximate surface area is 150 Å². The van der Waals surface area contributed by atoms with Crippen LogP contribution in [0, 0.1) is 6.92 Å². The standard InChI is InChI=1S/C16H13F3N6O2/c1-8-9(6-24(2)23-8)12-11(13(26)10-4-3-5-27-10)14(16(17,18)19)22-15-20-7-21-25(12)15/h3-7,12H,1-2H3,(H,20,21,22)/t12-/m0/s1. The minimum absolute atomic E-state index is 0.119. The average molecular weight is 378 g/mol. The second kappa shape index (κ2) is 5.83. The first kappa shape index (κ1) is 17.1. The van der Waals surface area contributed by atoms with E-state index in [1.807, 2.05) is 0 Å². The molecular weight excluding hydrogens is 365 g/mol. The summed E-state index contributed by atoms with van der Waals surface area (Å²) in [5.74, 6) is -1.22. The van der Waals surface area contributed by atoms with Gasteiger partial charge >= 0.3 is 6.18 Å². The zero-order valence-corrected chi connectivity index (χ0v) is 14.2. The summed E-state index contributed by atoms with van der Waals surface area (Å²) in [6.07, 6.45) is -0.915. The summed E-state index contributed by atoms with van der Waals surface area (Å²) in [4.78, 5) is 16.8. The number of carbonyl (C=O) groups excluding carboxylic acids is 1. The molecule has 0 aromatic carbocycles. The molecule has 3 aromatic rings. The van der Waals surface area contributed by atoms with Gasteiger partial charge in [-0.2, -0.15) is 28.4 Å². The van der Waals surface area contributed by atoms with Crippen LogP contribution in [0.4, 0.5) is 19.1 Å². The van der Waals surface area contributed by atoms with Crippen LogP contribution >= 0.6 is 0 Å². The highest BCUT2D eigenvalue weighted by Gasteiger charge is 2.47. The van der Waals surface area contributed by atoms with Crippen molar-refractivity contribution in [3.05, 3.63) is 59.2 Å². The lowest BCUT2D eigenvalue weighted by molar-refractivity contribution is -0.0918. The second-order valence-corrected chi connectivity index (χ2v) is 5.99. The Hall–Kier alpha value is -3.37. The number of nitrogens with zero attached hydrogens (tertiary/aromatic N) is 5. The number of hydrogen-bond acceptors (Lipinski definition) is 6. The molecule has 140 valence electrons. The second-order valence-electron chi connectivity index (χ2n) is 5.99. The fraction of sp³-hybridized carbons (Fsp3) is 0.250. The Kier molecular flexibility index (Phi) is 3.68. The maximum absolute atomic E-state index is 13.8. The summed E-state index contributed by atoms with van der Waals surface area (Å²) < 4.78 is 49.2. The molecule has 0 bridgehead atoms. The molecule has 0 saturated carbocycles. The number of rotatable bonds is 3. The third-order valence-corrected chi connectivity index (χ3v) is 4.22. The smallest absolute Gasteiger partial charge is 0.431 e. The van der Waals surface area contributed by atoms with Crippen LogP contribution in [0.15, 0.2) is 46.6 Å². The van der Waals surface area contributed by atoms with Gasteiger partial charge in [-0.3, -0.25) is 9.48 Å². The zero-order chi connectivity index (χ0) is 19.3. The molecular formula is C16H13F3N6O2. The molecule has 1 N–H and O–H groups in total. The number of Topliss-reactive ketones (excluding diaryl/α,β-unsaturated/α-hetero) is 1. The first-order valence-corrected chi connectivity index (χ1v) is 7.83. The van der Waals surface area contributed by atoms with Gasteiger partial charge in [0.05, 0.1) is 17.5 Å². The molecule has 0 aliphatic carbocycles. The van der Waals surface area contributed by atoms with E-state index < -0.39 is 29.3 Å². The Morgan fingerprint density at radius 2 is 2.15 bits per heavy atom. The molecule has 0 saturated heterocycles. The van der Waals surface area contributed by atoms with E-state index in [-0.39, 0.29) is 11.7 Å². The Morgan fingerprint density at radius 1 is 1.37 bits per heavy atom. The van der Waals surface area contributed by atoms with Crippen LogP contribution in [0.5, 0.6) is 0 Å². The van der Waals surface area contributed by atoms with E-state index in [2.05, 4.69) is 20.5 Å². The van der Waals surface area contributed by atoms with E-state index in [0.29, 0.717) is 11.3 Å². The van der Waals surface area contributed by atoms with Crippen molar-refractivity contribution in [3.8, 4) is 0 Å². The van der Waals surface area contributed by atoms with Crippen molar-refractivity contribution < 1.29 is 22.4 Å². The molecule has 8 nitrogen and oxygen atoms in total. The van der Waals surface area contributed by atoms with Crippen molar-refractivity contribution in [2.24, 2.45) is 7.05 Å².